The molecule has 0 bridgehead atoms. The van der Waals surface area contributed by atoms with Gasteiger partial charge in [0.2, 0.25) is 0 Å². The summed E-state index contributed by atoms with van der Waals surface area (Å²) in [5, 5.41) is 0. The maximum atomic E-state index is 12.8. The van der Waals surface area contributed by atoms with Crippen molar-refractivity contribution in [3.05, 3.63) is 45.2 Å². The highest BCUT2D eigenvalue weighted by atomic mass is 32.1. The van der Waals surface area contributed by atoms with Gasteiger partial charge < -0.3 is 9.30 Å². The first-order valence-corrected chi connectivity index (χ1v) is 9.55. The molecule has 4 nitrogen and oxygen atoms in total. The van der Waals surface area contributed by atoms with Gasteiger partial charge in [0.1, 0.15) is 5.75 Å². The van der Waals surface area contributed by atoms with E-state index < -0.39 is 0 Å². The normalized spacial score (nSPS) is 15.5. The third kappa shape index (κ3) is 3.87. The van der Waals surface area contributed by atoms with Crippen LogP contribution in [0.5, 0.6) is 5.75 Å². The molecule has 0 aliphatic heterocycles. The summed E-state index contributed by atoms with van der Waals surface area (Å²) in [5.74, 6) is 1.04. The maximum Gasteiger partial charge on any atom is 0.283 e. The first kappa shape index (κ1) is 17.9. The Morgan fingerprint density at radius 1 is 1.32 bits per heavy atom. The minimum Gasteiger partial charge on any atom is -0.496 e. The molecule has 5 heteroatoms. The first-order chi connectivity index (χ1) is 11.8. The average molecular weight is 359 g/mol. The maximum absolute atomic E-state index is 12.8. The van der Waals surface area contributed by atoms with Crippen molar-refractivity contribution in [2.24, 2.45) is 10.9 Å². The van der Waals surface area contributed by atoms with E-state index in [1.54, 1.807) is 30.6 Å². The molecule has 1 saturated carbocycles. The summed E-state index contributed by atoms with van der Waals surface area (Å²) in [6, 6.07) is 7.25. The fraction of sp³-hybridized carbons (Fsp3) is 0.500. The molecule has 3 rings (SSSR count). The van der Waals surface area contributed by atoms with Crippen molar-refractivity contribution < 1.29 is 9.53 Å². The van der Waals surface area contributed by atoms with Crippen LogP contribution in [-0.2, 0) is 12.0 Å². The Hall–Kier alpha value is -1.88. The van der Waals surface area contributed by atoms with E-state index in [0.29, 0.717) is 11.3 Å². The summed E-state index contributed by atoms with van der Waals surface area (Å²) in [7, 11) is 1.58. The second-order valence-corrected chi connectivity index (χ2v) is 8.70. The summed E-state index contributed by atoms with van der Waals surface area (Å²) in [6.45, 7) is 9.72. The lowest BCUT2D eigenvalue weighted by molar-refractivity contribution is 0.0994. The highest BCUT2D eigenvalue weighted by molar-refractivity contribution is 7.09. The average Bonchev–Trinajstić information content (AvgIpc) is 3.33. The van der Waals surface area contributed by atoms with Gasteiger partial charge in [0, 0.05) is 17.1 Å². The number of amides is 1. The number of hydrogen-bond acceptors (Lipinski definition) is 3. The minimum absolute atomic E-state index is 0.0430. The van der Waals surface area contributed by atoms with Crippen molar-refractivity contribution in [3.8, 4) is 5.75 Å². The zero-order valence-electron chi connectivity index (χ0n) is 15.6. The molecule has 1 aliphatic rings. The summed E-state index contributed by atoms with van der Waals surface area (Å²) in [6.07, 6.45) is 2.54. The molecule has 0 atom stereocenters. The number of methoxy groups -OCH3 is 1. The number of aromatic nitrogens is 1. The molecule has 2 aromatic rings. The van der Waals surface area contributed by atoms with Gasteiger partial charge in [-0.25, -0.2) is 0 Å². The Morgan fingerprint density at radius 3 is 2.60 bits per heavy atom. The van der Waals surface area contributed by atoms with Crippen molar-refractivity contribution >= 4 is 17.2 Å². The predicted octanol–water partition coefficient (Wildman–Crippen LogP) is 4.32. The second kappa shape index (κ2) is 6.79. The molecule has 1 fully saturated rings. The number of carbonyl (C=O) groups excluding carboxylic acids is 1. The Balaban J connectivity index is 2.08. The molecule has 0 radical (unpaired) electrons. The van der Waals surface area contributed by atoms with Gasteiger partial charge in [-0.2, -0.15) is 4.99 Å². The van der Waals surface area contributed by atoms with Crippen LogP contribution in [-0.4, -0.2) is 17.6 Å². The number of para-hydroxylation sites is 1. The fourth-order valence-electron chi connectivity index (χ4n) is 3.01. The number of benzene rings is 1. The van der Waals surface area contributed by atoms with E-state index in [1.165, 1.54) is 23.4 Å². The number of nitrogens with zero attached hydrogens (tertiary/aromatic N) is 2. The fourth-order valence-corrected chi connectivity index (χ4v) is 4.20. The molecular formula is C20H26N2O2S. The predicted molar refractivity (Wildman–Crippen MR) is 101 cm³/mol. The van der Waals surface area contributed by atoms with Crippen LogP contribution in [0.1, 0.15) is 54.5 Å². The number of rotatable bonds is 4. The van der Waals surface area contributed by atoms with Gasteiger partial charge in [0.15, 0.2) is 4.80 Å². The Bertz CT molecular complexity index is 851. The Morgan fingerprint density at radius 2 is 2.00 bits per heavy atom. The second-order valence-electron chi connectivity index (χ2n) is 7.72. The lowest BCUT2D eigenvalue weighted by Gasteiger charge is -2.17. The monoisotopic (exact) mass is 358 g/mol. The molecule has 0 unspecified atom stereocenters. The van der Waals surface area contributed by atoms with E-state index in [0.717, 1.165) is 17.3 Å². The van der Waals surface area contributed by atoms with E-state index in [4.69, 9.17) is 4.74 Å². The molecule has 0 saturated heterocycles. The van der Waals surface area contributed by atoms with Crippen LogP contribution in [0.3, 0.4) is 0 Å². The highest BCUT2D eigenvalue weighted by Gasteiger charge is 2.27. The molecular weight excluding hydrogens is 332 g/mol. The number of hydrogen-bond donors (Lipinski definition) is 0. The molecule has 1 aromatic heterocycles. The largest absolute Gasteiger partial charge is 0.496 e. The third-order valence-corrected chi connectivity index (χ3v) is 6.12. The molecule has 0 N–H and O–H groups in total. The third-order valence-electron chi connectivity index (χ3n) is 4.51. The number of ether oxygens (including phenoxy) is 1. The van der Waals surface area contributed by atoms with Crippen molar-refractivity contribution in [1.82, 2.24) is 4.57 Å². The zero-order chi connectivity index (χ0) is 18.2. The van der Waals surface area contributed by atoms with Gasteiger partial charge in [-0.1, -0.05) is 32.9 Å². The quantitative estimate of drug-likeness (QED) is 0.817. The summed E-state index contributed by atoms with van der Waals surface area (Å²) in [5.41, 5.74) is 1.78. The SMILES string of the molecule is COc1ccccc1C(=O)N=c1sc(C(C)(C)C)c(C)n1CC1CC1. The smallest absolute Gasteiger partial charge is 0.283 e. The minimum atomic E-state index is -0.247. The first-order valence-electron chi connectivity index (χ1n) is 8.74. The van der Waals surface area contributed by atoms with E-state index in [9.17, 15) is 4.79 Å². The molecule has 1 heterocycles. The topological polar surface area (TPSA) is 43.6 Å². The lowest BCUT2D eigenvalue weighted by Crippen LogP contribution is -2.20. The molecule has 1 aliphatic carbocycles. The summed E-state index contributed by atoms with van der Waals surface area (Å²) < 4.78 is 7.54. The van der Waals surface area contributed by atoms with Gasteiger partial charge in [-0.3, -0.25) is 4.79 Å². The van der Waals surface area contributed by atoms with Crippen molar-refractivity contribution in [2.75, 3.05) is 7.11 Å². The van der Waals surface area contributed by atoms with Gasteiger partial charge in [-0.05, 0) is 43.2 Å². The molecule has 134 valence electrons. The van der Waals surface area contributed by atoms with Gasteiger partial charge in [0.05, 0.1) is 12.7 Å². The van der Waals surface area contributed by atoms with Crippen LogP contribution in [0.25, 0.3) is 0 Å². The van der Waals surface area contributed by atoms with Gasteiger partial charge in [-0.15, -0.1) is 11.3 Å². The van der Waals surface area contributed by atoms with E-state index in [1.807, 2.05) is 12.1 Å². The van der Waals surface area contributed by atoms with Crippen LogP contribution in [0.15, 0.2) is 29.3 Å². The Kier molecular flexibility index (Phi) is 4.87. The number of carbonyl (C=O) groups is 1. The van der Waals surface area contributed by atoms with Crippen molar-refractivity contribution in [2.45, 2.75) is 52.5 Å². The van der Waals surface area contributed by atoms with Crippen LogP contribution in [0, 0.1) is 12.8 Å². The van der Waals surface area contributed by atoms with E-state index >= 15 is 0 Å². The van der Waals surface area contributed by atoms with Crippen LogP contribution in [0.4, 0.5) is 0 Å². The molecule has 1 aromatic carbocycles. The number of thiazole rings is 1. The van der Waals surface area contributed by atoms with Crippen molar-refractivity contribution in [3.63, 3.8) is 0 Å². The Labute approximate surface area is 153 Å². The zero-order valence-corrected chi connectivity index (χ0v) is 16.4. The lowest BCUT2D eigenvalue weighted by atomic mass is 9.93. The molecule has 0 spiro atoms. The summed E-state index contributed by atoms with van der Waals surface area (Å²) in [4.78, 5) is 19.3. The van der Waals surface area contributed by atoms with Crippen LogP contribution in [0.2, 0.25) is 0 Å². The molecule has 25 heavy (non-hydrogen) atoms. The van der Waals surface area contributed by atoms with Gasteiger partial charge >= 0.3 is 0 Å². The van der Waals surface area contributed by atoms with Crippen LogP contribution >= 0.6 is 11.3 Å². The molecule has 1 amide bonds. The standard InChI is InChI=1S/C20H26N2O2S/c1-13-17(20(2,3)4)25-19(22(13)12-14-10-11-14)21-18(23)15-8-6-7-9-16(15)24-5/h6-9,14H,10-12H2,1-5H3. The van der Waals surface area contributed by atoms with E-state index in [2.05, 4.69) is 37.3 Å². The summed E-state index contributed by atoms with van der Waals surface area (Å²) >= 11 is 1.63. The van der Waals surface area contributed by atoms with E-state index in [-0.39, 0.29) is 11.3 Å². The van der Waals surface area contributed by atoms with Crippen molar-refractivity contribution in [1.29, 1.82) is 0 Å². The highest BCUT2D eigenvalue weighted by Crippen LogP contribution is 2.33. The van der Waals surface area contributed by atoms with Gasteiger partial charge in [0.25, 0.3) is 5.91 Å². The van der Waals surface area contributed by atoms with Crippen LogP contribution < -0.4 is 9.54 Å².